The van der Waals surface area contributed by atoms with Gasteiger partial charge in [-0.15, -0.1) is 0 Å². The first-order valence-corrected chi connectivity index (χ1v) is 9.72. The van der Waals surface area contributed by atoms with Gasteiger partial charge in [-0.05, 0) is 31.5 Å². The van der Waals surface area contributed by atoms with Crippen LogP contribution in [0, 0.1) is 0 Å². The van der Waals surface area contributed by atoms with E-state index in [1.807, 2.05) is 18.3 Å². The Hall–Kier alpha value is -2.44. The lowest BCUT2D eigenvalue weighted by molar-refractivity contribution is -0.121. The third kappa shape index (κ3) is 4.46. The predicted molar refractivity (Wildman–Crippen MR) is 107 cm³/mol. The van der Waals surface area contributed by atoms with Crippen molar-refractivity contribution in [3.05, 3.63) is 42.2 Å². The first-order chi connectivity index (χ1) is 13.3. The molecule has 3 aromatic rings. The summed E-state index contributed by atoms with van der Waals surface area (Å²) in [5, 5.41) is 5.39. The van der Waals surface area contributed by atoms with Crippen LogP contribution in [0.25, 0.3) is 21.8 Å². The topological polar surface area (TPSA) is 70.2 Å². The van der Waals surface area contributed by atoms with Crippen molar-refractivity contribution in [2.75, 3.05) is 39.4 Å². The summed E-state index contributed by atoms with van der Waals surface area (Å²) in [7, 11) is 0. The van der Waals surface area contributed by atoms with Crippen molar-refractivity contribution < 1.29 is 9.53 Å². The Labute approximate surface area is 158 Å². The standard InChI is InChI=1S/C21H26N4O2/c26-21(22-8-3-9-25-10-12-27-13-11-25)7-6-16-14-18-17-4-1-2-5-19(17)24-20(18)15-23-16/h1-2,4-5,14-15,24H,3,6-13H2,(H,22,26). The van der Waals surface area contributed by atoms with Gasteiger partial charge in [-0.1, -0.05) is 18.2 Å². The number of rotatable bonds is 7. The molecule has 0 spiro atoms. The Morgan fingerprint density at radius 2 is 2.04 bits per heavy atom. The van der Waals surface area contributed by atoms with E-state index < -0.39 is 0 Å². The van der Waals surface area contributed by atoms with Crippen LogP contribution in [0.3, 0.4) is 0 Å². The highest BCUT2D eigenvalue weighted by Crippen LogP contribution is 2.25. The fraction of sp³-hybridized carbons (Fsp3) is 0.429. The van der Waals surface area contributed by atoms with E-state index in [2.05, 4.69) is 38.4 Å². The second-order valence-electron chi connectivity index (χ2n) is 7.05. The molecule has 1 saturated heterocycles. The van der Waals surface area contributed by atoms with E-state index >= 15 is 0 Å². The summed E-state index contributed by atoms with van der Waals surface area (Å²) in [6.07, 6.45) is 3.97. The van der Waals surface area contributed by atoms with Crippen molar-refractivity contribution in [2.24, 2.45) is 0 Å². The molecule has 1 aliphatic heterocycles. The average Bonchev–Trinajstić information content (AvgIpc) is 3.08. The molecular formula is C21H26N4O2. The van der Waals surface area contributed by atoms with Gasteiger partial charge >= 0.3 is 0 Å². The van der Waals surface area contributed by atoms with Gasteiger partial charge in [0.05, 0.1) is 24.9 Å². The zero-order valence-electron chi connectivity index (χ0n) is 15.5. The number of hydrogen-bond donors (Lipinski definition) is 2. The Balaban J connectivity index is 1.25. The van der Waals surface area contributed by atoms with Crippen molar-refractivity contribution in [3.63, 3.8) is 0 Å². The summed E-state index contributed by atoms with van der Waals surface area (Å²) < 4.78 is 5.34. The largest absolute Gasteiger partial charge is 0.379 e. The second-order valence-corrected chi connectivity index (χ2v) is 7.05. The number of hydrogen-bond acceptors (Lipinski definition) is 4. The molecule has 0 aliphatic carbocycles. The Kier molecular flexibility index (Phi) is 5.65. The number of amides is 1. The van der Waals surface area contributed by atoms with Gasteiger partial charge in [0.25, 0.3) is 0 Å². The summed E-state index contributed by atoms with van der Waals surface area (Å²) >= 11 is 0. The number of carbonyl (C=O) groups is 1. The van der Waals surface area contributed by atoms with E-state index in [-0.39, 0.29) is 5.91 Å². The Bertz CT molecular complexity index is 915. The van der Waals surface area contributed by atoms with E-state index in [1.54, 1.807) is 0 Å². The summed E-state index contributed by atoms with van der Waals surface area (Å²) in [5.74, 6) is 0.0952. The van der Waals surface area contributed by atoms with Gasteiger partial charge in [0.1, 0.15) is 0 Å². The number of benzene rings is 1. The third-order valence-corrected chi connectivity index (χ3v) is 5.13. The molecule has 0 bridgehead atoms. The first-order valence-electron chi connectivity index (χ1n) is 9.72. The molecule has 27 heavy (non-hydrogen) atoms. The molecule has 142 valence electrons. The molecule has 2 aromatic heterocycles. The highest BCUT2D eigenvalue weighted by atomic mass is 16.5. The molecule has 3 heterocycles. The number of morpholine rings is 1. The summed E-state index contributed by atoms with van der Waals surface area (Å²) in [6.45, 7) is 5.37. The maximum atomic E-state index is 12.1. The molecule has 0 radical (unpaired) electrons. The number of nitrogens with one attached hydrogen (secondary N) is 2. The van der Waals surface area contributed by atoms with Crippen LogP contribution >= 0.6 is 0 Å². The molecule has 6 heteroatoms. The van der Waals surface area contributed by atoms with Crippen molar-refractivity contribution in [2.45, 2.75) is 19.3 Å². The monoisotopic (exact) mass is 366 g/mol. The third-order valence-electron chi connectivity index (χ3n) is 5.13. The quantitative estimate of drug-likeness (QED) is 0.630. The maximum absolute atomic E-state index is 12.1. The van der Waals surface area contributed by atoms with Crippen molar-refractivity contribution in [1.29, 1.82) is 0 Å². The Morgan fingerprint density at radius 3 is 2.93 bits per heavy atom. The average molecular weight is 366 g/mol. The number of ether oxygens (including phenoxy) is 1. The minimum Gasteiger partial charge on any atom is -0.379 e. The van der Waals surface area contributed by atoms with E-state index in [1.165, 1.54) is 10.8 Å². The van der Waals surface area contributed by atoms with Gasteiger partial charge in [-0.25, -0.2) is 0 Å². The number of nitrogens with zero attached hydrogens (tertiary/aromatic N) is 2. The lowest BCUT2D eigenvalue weighted by Gasteiger charge is -2.26. The molecule has 1 aromatic carbocycles. The number of aromatic nitrogens is 2. The normalized spacial score (nSPS) is 15.4. The molecule has 1 aliphatic rings. The highest BCUT2D eigenvalue weighted by Gasteiger charge is 2.10. The zero-order chi connectivity index (χ0) is 18.5. The van der Waals surface area contributed by atoms with Crippen LogP contribution in [0.15, 0.2) is 36.5 Å². The SMILES string of the molecule is O=C(CCc1cc2c(cn1)[nH]c1ccccc12)NCCCN1CCOCC1. The van der Waals surface area contributed by atoms with Gasteiger partial charge < -0.3 is 15.0 Å². The number of aromatic amines is 1. The van der Waals surface area contributed by atoms with E-state index in [4.69, 9.17) is 4.74 Å². The molecule has 0 unspecified atom stereocenters. The molecule has 6 nitrogen and oxygen atoms in total. The van der Waals surface area contributed by atoms with Crippen LogP contribution in [0.2, 0.25) is 0 Å². The summed E-state index contributed by atoms with van der Waals surface area (Å²) in [6, 6.07) is 10.3. The van der Waals surface area contributed by atoms with Gasteiger partial charge in [0.15, 0.2) is 0 Å². The highest BCUT2D eigenvalue weighted by molar-refractivity contribution is 6.06. The number of carbonyl (C=O) groups excluding carboxylic acids is 1. The number of aryl methyl sites for hydroxylation is 1. The van der Waals surface area contributed by atoms with Gasteiger partial charge in [0.2, 0.25) is 5.91 Å². The molecule has 1 amide bonds. The number of para-hydroxylation sites is 1. The minimum atomic E-state index is 0.0952. The van der Waals surface area contributed by atoms with Crippen molar-refractivity contribution in [1.82, 2.24) is 20.2 Å². The molecule has 4 rings (SSSR count). The molecule has 1 fully saturated rings. The number of pyridine rings is 1. The fourth-order valence-electron chi connectivity index (χ4n) is 3.62. The minimum absolute atomic E-state index is 0.0952. The van der Waals surface area contributed by atoms with Crippen LogP contribution in [-0.4, -0.2) is 60.2 Å². The number of H-pyrrole nitrogens is 1. The smallest absolute Gasteiger partial charge is 0.220 e. The van der Waals surface area contributed by atoms with Crippen LogP contribution in [-0.2, 0) is 16.0 Å². The second kappa shape index (κ2) is 8.50. The lowest BCUT2D eigenvalue weighted by Crippen LogP contribution is -2.38. The van der Waals surface area contributed by atoms with Crippen LogP contribution < -0.4 is 5.32 Å². The van der Waals surface area contributed by atoms with Crippen molar-refractivity contribution in [3.8, 4) is 0 Å². The van der Waals surface area contributed by atoms with Crippen LogP contribution in [0.5, 0.6) is 0 Å². The first kappa shape index (κ1) is 17.9. The Morgan fingerprint density at radius 1 is 1.19 bits per heavy atom. The molecular weight excluding hydrogens is 340 g/mol. The van der Waals surface area contributed by atoms with Crippen molar-refractivity contribution >= 4 is 27.7 Å². The van der Waals surface area contributed by atoms with Crippen LogP contribution in [0.4, 0.5) is 0 Å². The molecule has 2 N–H and O–H groups in total. The van der Waals surface area contributed by atoms with E-state index in [0.717, 1.165) is 62.5 Å². The van der Waals surface area contributed by atoms with Gasteiger partial charge in [0, 0.05) is 48.0 Å². The molecule has 0 atom stereocenters. The fourth-order valence-corrected chi connectivity index (χ4v) is 3.62. The summed E-state index contributed by atoms with van der Waals surface area (Å²) in [5.41, 5.74) is 3.10. The number of fused-ring (bicyclic) bond motifs is 3. The van der Waals surface area contributed by atoms with E-state index in [9.17, 15) is 4.79 Å². The van der Waals surface area contributed by atoms with Crippen LogP contribution in [0.1, 0.15) is 18.5 Å². The zero-order valence-corrected chi connectivity index (χ0v) is 15.5. The summed E-state index contributed by atoms with van der Waals surface area (Å²) in [4.78, 5) is 22.4. The van der Waals surface area contributed by atoms with Gasteiger partial charge in [-0.3, -0.25) is 14.7 Å². The van der Waals surface area contributed by atoms with Gasteiger partial charge in [-0.2, -0.15) is 0 Å². The maximum Gasteiger partial charge on any atom is 0.220 e. The lowest BCUT2D eigenvalue weighted by atomic mass is 10.1. The molecule has 0 saturated carbocycles. The predicted octanol–water partition coefficient (Wildman–Crippen LogP) is 2.49. The van der Waals surface area contributed by atoms with E-state index in [0.29, 0.717) is 12.8 Å².